The third kappa shape index (κ3) is 5.31. The Labute approximate surface area is 184 Å². The van der Waals surface area contributed by atoms with E-state index in [0.29, 0.717) is 19.6 Å². The summed E-state index contributed by atoms with van der Waals surface area (Å²) >= 11 is 3.57. The van der Waals surface area contributed by atoms with Crippen molar-refractivity contribution in [2.75, 3.05) is 6.61 Å². The predicted octanol–water partition coefficient (Wildman–Crippen LogP) is 6.76. The second-order valence-electron chi connectivity index (χ2n) is 9.89. The molecule has 6 heteroatoms. The van der Waals surface area contributed by atoms with E-state index < -0.39 is 13.7 Å². The van der Waals surface area contributed by atoms with Crippen molar-refractivity contribution in [3.63, 3.8) is 0 Å². The zero-order chi connectivity index (χ0) is 22.0. The zero-order valence-corrected chi connectivity index (χ0v) is 21.2. The second kappa shape index (κ2) is 8.64. The van der Waals surface area contributed by atoms with E-state index in [1.54, 1.807) is 0 Å². The molecular formula is C23H32BrN3OSi. The largest absolute Gasteiger partial charge is 0.416 e. The molecule has 4 nitrogen and oxygen atoms in total. The minimum absolute atomic E-state index is 0.0988. The minimum atomic E-state index is -1.88. The molecule has 2 aromatic rings. The Kier molecular flexibility index (Phi) is 7.05. The Balaban J connectivity index is 2.38. The Morgan fingerprint density at radius 3 is 2.38 bits per heavy atom. The van der Waals surface area contributed by atoms with Crippen molar-refractivity contribution in [2.45, 2.75) is 71.1 Å². The highest BCUT2D eigenvalue weighted by molar-refractivity contribution is 9.10. The molecule has 156 valence electrons. The molecule has 1 aromatic carbocycles. The van der Waals surface area contributed by atoms with Crippen molar-refractivity contribution in [2.24, 2.45) is 5.92 Å². The third-order valence-corrected chi connectivity index (χ3v) is 11.1. The Morgan fingerprint density at radius 2 is 1.83 bits per heavy atom. The van der Waals surface area contributed by atoms with Crippen molar-refractivity contribution in [3.8, 4) is 12.1 Å². The van der Waals surface area contributed by atoms with Gasteiger partial charge < -0.3 is 8.99 Å². The molecule has 0 bridgehead atoms. The van der Waals surface area contributed by atoms with Crippen LogP contribution in [-0.4, -0.2) is 19.5 Å². The number of rotatable bonds is 7. The Morgan fingerprint density at radius 1 is 1.17 bits per heavy atom. The molecule has 0 aliphatic rings. The normalized spacial score (nSPS) is 13.9. The fourth-order valence-corrected chi connectivity index (χ4v) is 4.53. The molecule has 1 atom stereocenters. The minimum Gasteiger partial charge on any atom is -0.416 e. The molecule has 0 spiro atoms. The number of halogens is 1. The van der Waals surface area contributed by atoms with Crippen LogP contribution >= 0.6 is 15.9 Å². The van der Waals surface area contributed by atoms with Gasteiger partial charge in [-0.3, -0.25) is 0 Å². The molecule has 0 saturated carbocycles. The third-order valence-electron chi connectivity index (χ3n) is 6.12. The van der Waals surface area contributed by atoms with Crippen LogP contribution in [-0.2, 0) is 16.4 Å². The first-order chi connectivity index (χ1) is 13.3. The van der Waals surface area contributed by atoms with E-state index in [2.05, 4.69) is 84.8 Å². The van der Waals surface area contributed by atoms with Gasteiger partial charge in [0.2, 0.25) is 0 Å². The lowest BCUT2D eigenvalue weighted by atomic mass is 9.86. The summed E-state index contributed by atoms with van der Waals surface area (Å²) in [7, 11) is -1.88. The van der Waals surface area contributed by atoms with Gasteiger partial charge in [-0.15, -0.1) is 0 Å². The Bertz CT molecular complexity index is 957. The van der Waals surface area contributed by atoms with Crippen LogP contribution in [0.25, 0.3) is 10.9 Å². The molecule has 0 aliphatic carbocycles. The van der Waals surface area contributed by atoms with Crippen LogP contribution < -0.4 is 0 Å². The van der Waals surface area contributed by atoms with Crippen molar-refractivity contribution < 1.29 is 4.43 Å². The second-order valence-corrected chi connectivity index (χ2v) is 15.6. The van der Waals surface area contributed by atoms with Gasteiger partial charge in [0.25, 0.3) is 0 Å². The first kappa shape index (κ1) is 23.7. The summed E-state index contributed by atoms with van der Waals surface area (Å²) in [5.74, 6) is 0.0988. The molecule has 0 aliphatic heterocycles. The summed E-state index contributed by atoms with van der Waals surface area (Å²) in [6, 6.07) is 10.9. The van der Waals surface area contributed by atoms with Gasteiger partial charge in [0.05, 0.1) is 17.6 Å². The smallest absolute Gasteiger partial charge is 0.191 e. The summed E-state index contributed by atoms with van der Waals surface area (Å²) < 4.78 is 9.61. The van der Waals surface area contributed by atoms with E-state index in [0.717, 1.165) is 20.9 Å². The highest BCUT2D eigenvalue weighted by Crippen LogP contribution is 2.37. The number of aromatic nitrogens is 1. The van der Waals surface area contributed by atoms with E-state index in [-0.39, 0.29) is 11.0 Å². The highest BCUT2D eigenvalue weighted by Gasteiger charge is 2.37. The molecular weight excluding hydrogens is 442 g/mol. The number of nitrogens with zero attached hydrogens (tertiary/aromatic N) is 3. The van der Waals surface area contributed by atoms with Crippen LogP contribution in [0.4, 0.5) is 0 Å². The predicted molar refractivity (Wildman–Crippen MR) is 125 cm³/mol. The lowest BCUT2D eigenvalue weighted by Crippen LogP contribution is -2.42. The van der Waals surface area contributed by atoms with Crippen molar-refractivity contribution in [1.29, 1.82) is 10.5 Å². The lowest BCUT2D eigenvalue weighted by molar-refractivity contribution is 0.216. The summed E-state index contributed by atoms with van der Waals surface area (Å²) in [5, 5.41) is 20.3. The van der Waals surface area contributed by atoms with Crippen LogP contribution in [0.15, 0.2) is 28.9 Å². The van der Waals surface area contributed by atoms with Crippen molar-refractivity contribution in [3.05, 3.63) is 34.4 Å². The molecule has 2 rings (SSSR count). The van der Waals surface area contributed by atoms with Crippen LogP contribution in [0.2, 0.25) is 18.1 Å². The molecule has 1 aromatic heterocycles. The van der Waals surface area contributed by atoms with Crippen molar-refractivity contribution in [1.82, 2.24) is 4.57 Å². The van der Waals surface area contributed by atoms with Crippen LogP contribution in [0.3, 0.4) is 0 Å². The summed E-state index contributed by atoms with van der Waals surface area (Å²) in [6.07, 6.45) is 2.52. The topological polar surface area (TPSA) is 61.7 Å². The van der Waals surface area contributed by atoms with Gasteiger partial charge in [0.15, 0.2) is 8.32 Å². The van der Waals surface area contributed by atoms with Gasteiger partial charge in [-0.2, -0.15) is 10.5 Å². The summed E-state index contributed by atoms with van der Waals surface area (Å²) in [4.78, 5) is 0. The van der Waals surface area contributed by atoms with Gasteiger partial charge in [-0.1, -0.05) is 42.8 Å². The maximum Gasteiger partial charge on any atom is 0.191 e. The maximum atomic E-state index is 9.66. The summed E-state index contributed by atoms with van der Waals surface area (Å²) in [6.45, 7) is 16.3. The van der Waals surface area contributed by atoms with Crippen LogP contribution in [0, 0.1) is 28.6 Å². The molecule has 0 amide bonds. The van der Waals surface area contributed by atoms with Crippen molar-refractivity contribution >= 4 is 35.2 Å². The van der Waals surface area contributed by atoms with Gasteiger partial charge in [0.1, 0.15) is 0 Å². The average Bonchev–Trinajstić information content (AvgIpc) is 2.97. The molecule has 1 heterocycles. The van der Waals surface area contributed by atoms with Gasteiger partial charge >= 0.3 is 0 Å². The molecule has 0 fully saturated rings. The molecule has 0 N–H and O–H groups in total. The monoisotopic (exact) mass is 473 g/mol. The van der Waals surface area contributed by atoms with Gasteiger partial charge in [0, 0.05) is 47.1 Å². The van der Waals surface area contributed by atoms with E-state index in [9.17, 15) is 10.5 Å². The number of hydrogen-bond acceptors (Lipinski definition) is 3. The lowest BCUT2D eigenvalue weighted by Gasteiger charge is -2.37. The van der Waals surface area contributed by atoms with E-state index in [1.165, 1.54) is 0 Å². The first-order valence-electron chi connectivity index (χ1n) is 10.0. The zero-order valence-electron chi connectivity index (χ0n) is 18.6. The number of fused-ring (bicyclic) bond motifs is 1. The number of hydrogen-bond donors (Lipinski definition) is 0. The summed E-state index contributed by atoms with van der Waals surface area (Å²) in [5.41, 5.74) is 1.51. The first-order valence-corrected chi connectivity index (χ1v) is 13.7. The van der Waals surface area contributed by atoms with E-state index in [1.807, 2.05) is 19.9 Å². The molecule has 29 heavy (non-hydrogen) atoms. The fourth-order valence-electron chi connectivity index (χ4n) is 3.10. The average molecular weight is 475 g/mol. The number of benzene rings is 1. The van der Waals surface area contributed by atoms with Gasteiger partial charge in [-0.05, 0) is 49.7 Å². The standard InChI is InChI=1S/C23H32BrN3OSi/c1-22(2,3)29(6,7)28-15-17(10-11-25)13-27-14-20(23(4,5)16-26)19-9-8-18(24)12-21(19)27/h8-9,12,14,17H,10,13,15H2,1-7H3. The van der Waals surface area contributed by atoms with Crippen LogP contribution in [0.5, 0.6) is 0 Å². The molecule has 0 saturated heterocycles. The number of nitriles is 2. The van der Waals surface area contributed by atoms with E-state index >= 15 is 0 Å². The Hall–Kier alpha value is -1.60. The van der Waals surface area contributed by atoms with Crippen LogP contribution in [0.1, 0.15) is 46.6 Å². The SMILES string of the molecule is CC(C)(C#N)c1cn(CC(CC#N)CO[Si](C)(C)C(C)(C)C)c2cc(Br)ccc12. The highest BCUT2D eigenvalue weighted by atomic mass is 79.9. The van der Waals surface area contributed by atoms with E-state index in [4.69, 9.17) is 4.43 Å². The van der Waals surface area contributed by atoms with Gasteiger partial charge in [-0.25, -0.2) is 0 Å². The quantitative estimate of drug-likeness (QED) is 0.417. The fraction of sp³-hybridized carbons (Fsp3) is 0.565. The molecule has 0 radical (unpaired) electrons. The maximum absolute atomic E-state index is 9.66. The molecule has 1 unspecified atom stereocenters.